The molecule has 0 aromatic heterocycles. The molecule has 7 heteroatoms. The molecule has 6 rings (SSSR count). The molecular weight excluding hydrogens is 364 g/mol. The minimum absolute atomic E-state index is 0.0219. The number of benzene rings is 1. The second-order valence-corrected chi connectivity index (χ2v) is 11.0. The Bertz CT molecular complexity index is 846. The van der Waals surface area contributed by atoms with Crippen molar-refractivity contribution in [3.8, 4) is 5.75 Å². The molecule has 1 aromatic rings. The van der Waals surface area contributed by atoms with E-state index in [-0.39, 0.29) is 18.0 Å². The Morgan fingerprint density at radius 1 is 1.11 bits per heavy atom. The van der Waals surface area contributed by atoms with Gasteiger partial charge in [0.05, 0.1) is 18.5 Å². The van der Waals surface area contributed by atoms with Crippen LogP contribution in [0.3, 0.4) is 0 Å². The molecule has 1 atom stereocenters. The molecule has 1 N–H and O–H groups in total. The van der Waals surface area contributed by atoms with E-state index < -0.39 is 16.1 Å². The van der Waals surface area contributed by atoms with Gasteiger partial charge in [0.25, 0.3) is 5.91 Å². The summed E-state index contributed by atoms with van der Waals surface area (Å²) in [6.07, 6.45) is 7.46. The second kappa shape index (κ2) is 5.87. The molecule has 0 spiro atoms. The number of hydrogen-bond acceptors (Lipinski definition) is 4. The van der Waals surface area contributed by atoms with E-state index in [1.54, 1.807) is 24.3 Å². The first-order valence-electron chi connectivity index (χ1n) is 9.87. The Balaban J connectivity index is 1.38. The zero-order valence-electron chi connectivity index (χ0n) is 15.6. The van der Waals surface area contributed by atoms with E-state index in [0.29, 0.717) is 11.4 Å². The smallest absolute Gasteiger partial charge is 0.263 e. The monoisotopic (exact) mass is 390 g/mol. The van der Waals surface area contributed by atoms with Gasteiger partial charge in [-0.3, -0.25) is 9.10 Å². The lowest BCUT2D eigenvalue weighted by atomic mass is 9.53. The number of sulfonamides is 1. The molecule has 0 radical (unpaired) electrons. The van der Waals surface area contributed by atoms with Gasteiger partial charge < -0.3 is 10.1 Å². The van der Waals surface area contributed by atoms with Crippen LogP contribution in [0.4, 0.5) is 5.69 Å². The summed E-state index contributed by atoms with van der Waals surface area (Å²) >= 11 is 0. The van der Waals surface area contributed by atoms with Gasteiger partial charge in [0.15, 0.2) is 6.10 Å². The second-order valence-electron chi connectivity index (χ2n) is 9.06. The highest BCUT2D eigenvalue weighted by Crippen LogP contribution is 2.55. The maximum Gasteiger partial charge on any atom is 0.263 e. The van der Waals surface area contributed by atoms with Gasteiger partial charge in [-0.25, -0.2) is 8.42 Å². The first kappa shape index (κ1) is 17.3. The molecule has 0 saturated heterocycles. The molecule has 4 bridgehead atoms. The van der Waals surface area contributed by atoms with Crippen LogP contribution in [0.15, 0.2) is 24.3 Å². The van der Waals surface area contributed by atoms with E-state index in [2.05, 4.69) is 5.32 Å². The Labute approximate surface area is 160 Å². The van der Waals surface area contributed by atoms with Crippen molar-refractivity contribution in [3.05, 3.63) is 24.3 Å². The summed E-state index contributed by atoms with van der Waals surface area (Å²) in [6.45, 7) is 0.0219. The fourth-order valence-corrected chi connectivity index (χ4v) is 7.17. The van der Waals surface area contributed by atoms with E-state index in [0.717, 1.165) is 37.0 Å². The van der Waals surface area contributed by atoms with Crippen LogP contribution in [0.25, 0.3) is 0 Å². The molecule has 0 unspecified atom stereocenters. The lowest BCUT2D eigenvalue weighted by Crippen LogP contribution is -2.63. The third kappa shape index (κ3) is 3.00. The standard InChI is InChI=1S/C20H26N2O4S/c1-27(24,25)22-12-18(26-17-5-3-2-4-16(17)22)19(23)21-20-9-13-6-14(10-20)8-15(7-13)11-20/h2-5,13-15,18H,6-12H2,1H3,(H,21,23)/t13?,14?,15?,18-,20?/m1/s1. The Morgan fingerprint density at radius 3 is 2.30 bits per heavy atom. The van der Waals surface area contributed by atoms with Crippen LogP contribution in [0.1, 0.15) is 38.5 Å². The van der Waals surface area contributed by atoms with Crippen LogP contribution in [0.5, 0.6) is 5.75 Å². The molecule has 1 amide bonds. The van der Waals surface area contributed by atoms with Crippen LogP contribution >= 0.6 is 0 Å². The molecule has 1 heterocycles. The number of carbonyl (C=O) groups is 1. The largest absolute Gasteiger partial charge is 0.476 e. The van der Waals surface area contributed by atoms with Gasteiger partial charge in [0, 0.05) is 5.54 Å². The molecule has 1 aromatic carbocycles. The minimum Gasteiger partial charge on any atom is -0.476 e. The molecule has 1 aliphatic heterocycles. The summed E-state index contributed by atoms with van der Waals surface area (Å²) in [4.78, 5) is 13.1. The van der Waals surface area contributed by atoms with Gasteiger partial charge in [0.2, 0.25) is 10.0 Å². The van der Waals surface area contributed by atoms with E-state index in [1.165, 1.54) is 29.8 Å². The van der Waals surface area contributed by atoms with E-state index in [1.807, 2.05) is 0 Å². The fraction of sp³-hybridized carbons (Fsp3) is 0.650. The first-order chi connectivity index (χ1) is 12.8. The van der Waals surface area contributed by atoms with E-state index >= 15 is 0 Å². The lowest BCUT2D eigenvalue weighted by Gasteiger charge is -2.57. The predicted molar refractivity (Wildman–Crippen MR) is 102 cm³/mol. The minimum atomic E-state index is -3.49. The zero-order valence-corrected chi connectivity index (χ0v) is 16.4. The summed E-state index contributed by atoms with van der Waals surface area (Å²) in [6, 6.07) is 7.00. The molecule has 5 aliphatic rings. The first-order valence-corrected chi connectivity index (χ1v) is 11.7. The van der Waals surface area contributed by atoms with Gasteiger partial charge in [-0.15, -0.1) is 0 Å². The molecule has 6 nitrogen and oxygen atoms in total. The SMILES string of the molecule is CS(=O)(=O)N1C[C@H](C(=O)NC23CC4CC(CC(C4)C2)C3)Oc2ccccc21. The Morgan fingerprint density at radius 2 is 1.70 bits per heavy atom. The highest BCUT2D eigenvalue weighted by atomic mass is 32.2. The van der Waals surface area contributed by atoms with Gasteiger partial charge >= 0.3 is 0 Å². The maximum absolute atomic E-state index is 13.1. The van der Waals surface area contributed by atoms with Crippen molar-refractivity contribution in [1.29, 1.82) is 0 Å². The number of ether oxygens (including phenoxy) is 1. The molecule has 4 fully saturated rings. The van der Waals surface area contributed by atoms with E-state index in [9.17, 15) is 13.2 Å². The Hall–Kier alpha value is -1.76. The number of rotatable bonds is 3. The molecule has 27 heavy (non-hydrogen) atoms. The summed E-state index contributed by atoms with van der Waals surface area (Å²) < 4.78 is 31.7. The number of anilines is 1. The fourth-order valence-electron chi connectivity index (χ4n) is 6.26. The van der Waals surface area contributed by atoms with Gasteiger partial charge in [-0.1, -0.05) is 12.1 Å². The molecule has 4 aliphatic carbocycles. The third-order valence-corrected chi connectivity index (χ3v) is 8.00. The summed E-state index contributed by atoms with van der Waals surface area (Å²) in [5.74, 6) is 2.46. The highest BCUT2D eigenvalue weighted by molar-refractivity contribution is 7.92. The average Bonchev–Trinajstić information content (AvgIpc) is 2.58. The number of fused-ring (bicyclic) bond motifs is 1. The van der Waals surface area contributed by atoms with Crippen molar-refractivity contribution in [1.82, 2.24) is 5.32 Å². The summed E-state index contributed by atoms with van der Waals surface area (Å²) in [5.41, 5.74) is 0.390. The van der Waals surface area contributed by atoms with Crippen molar-refractivity contribution < 1.29 is 17.9 Å². The van der Waals surface area contributed by atoms with Crippen molar-refractivity contribution in [2.45, 2.75) is 50.2 Å². The van der Waals surface area contributed by atoms with E-state index in [4.69, 9.17) is 4.74 Å². The highest BCUT2D eigenvalue weighted by Gasteiger charge is 2.52. The summed E-state index contributed by atoms with van der Waals surface area (Å²) in [5, 5.41) is 3.31. The van der Waals surface area contributed by atoms with Crippen molar-refractivity contribution >= 4 is 21.6 Å². The van der Waals surface area contributed by atoms with Crippen molar-refractivity contribution in [2.75, 3.05) is 17.1 Å². The van der Waals surface area contributed by atoms with Crippen molar-refractivity contribution in [3.63, 3.8) is 0 Å². The van der Waals surface area contributed by atoms with Crippen LogP contribution in [-0.4, -0.2) is 38.8 Å². The molecule has 146 valence electrons. The Kier molecular flexibility index (Phi) is 3.77. The topological polar surface area (TPSA) is 75.7 Å². The van der Waals surface area contributed by atoms with Gasteiger partial charge in [-0.2, -0.15) is 0 Å². The van der Waals surface area contributed by atoms with Crippen LogP contribution in [0.2, 0.25) is 0 Å². The van der Waals surface area contributed by atoms with Crippen LogP contribution in [-0.2, 0) is 14.8 Å². The zero-order chi connectivity index (χ0) is 18.8. The van der Waals surface area contributed by atoms with Gasteiger partial charge in [0.1, 0.15) is 5.75 Å². The number of nitrogens with one attached hydrogen (secondary N) is 1. The summed E-state index contributed by atoms with van der Waals surface area (Å²) in [7, 11) is -3.49. The van der Waals surface area contributed by atoms with Gasteiger partial charge in [-0.05, 0) is 68.4 Å². The number of para-hydroxylation sites is 2. The lowest BCUT2D eigenvalue weighted by molar-refractivity contribution is -0.133. The maximum atomic E-state index is 13.1. The van der Waals surface area contributed by atoms with Crippen LogP contribution < -0.4 is 14.4 Å². The predicted octanol–water partition coefficient (Wildman–Crippen LogP) is 2.30. The molecule has 4 saturated carbocycles. The van der Waals surface area contributed by atoms with Crippen molar-refractivity contribution in [2.24, 2.45) is 17.8 Å². The number of carbonyl (C=O) groups excluding carboxylic acids is 1. The van der Waals surface area contributed by atoms with Crippen LogP contribution in [0, 0.1) is 17.8 Å². The average molecular weight is 391 g/mol. The number of amides is 1. The third-order valence-electron chi connectivity index (χ3n) is 6.85. The number of hydrogen-bond donors (Lipinski definition) is 1. The molecular formula is C20H26N2O4S. The number of nitrogens with zero attached hydrogens (tertiary/aromatic N) is 1. The normalized spacial score (nSPS) is 36.9. The quantitative estimate of drug-likeness (QED) is 0.859.